The van der Waals surface area contributed by atoms with Crippen LogP contribution in [0.1, 0.15) is 27.7 Å². The zero-order valence-electron chi connectivity index (χ0n) is 15.9. The number of nitrogens with zero attached hydrogens (tertiary/aromatic N) is 2. The van der Waals surface area contributed by atoms with Crippen LogP contribution in [0.5, 0.6) is 11.5 Å². The van der Waals surface area contributed by atoms with Gasteiger partial charge in [0.1, 0.15) is 5.00 Å². The topological polar surface area (TPSA) is 64.3 Å². The molecular weight excluding hydrogens is 384 g/mol. The molecule has 0 saturated heterocycles. The van der Waals surface area contributed by atoms with Crippen LogP contribution in [0, 0.1) is 0 Å². The van der Waals surface area contributed by atoms with Crippen LogP contribution in [0.2, 0.25) is 0 Å². The molecule has 4 rings (SSSR count). The van der Waals surface area contributed by atoms with Gasteiger partial charge >= 0.3 is 0 Å². The fourth-order valence-corrected chi connectivity index (χ4v) is 4.07. The lowest BCUT2D eigenvalue weighted by atomic mass is 9.88. The molecule has 0 spiro atoms. The zero-order chi connectivity index (χ0) is 20.2. The number of carbonyl (C=O) groups is 1. The van der Waals surface area contributed by atoms with E-state index in [1.807, 2.05) is 64.7 Å². The number of ether oxygens (including phenoxy) is 1. The van der Waals surface area contributed by atoms with E-state index in [1.54, 1.807) is 29.7 Å². The van der Waals surface area contributed by atoms with E-state index in [2.05, 4.69) is 4.98 Å². The fraction of sp³-hybridized carbons (Fsp3) is 0.130. The van der Waals surface area contributed by atoms with Crippen molar-refractivity contribution in [1.82, 2.24) is 9.55 Å². The summed E-state index contributed by atoms with van der Waals surface area (Å²) in [5.74, 6) is 0.411. The predicted molar refractivity (Wildman–Crippen MR) is 113 cm³/mol. The van der Waals surface area contributed by atoms with Crippen molar-refractivity contribution < 1.29 is 14.6 Å². The number of ketones is 1. The van der Waals surface area contributed by atoms with Crippen LogP contribution in [0.25, 0.3) is 5.00 Å². The number of thiophene rings is 1. The lowest BCUT2D eigenvalue weighted by Gasteiger charge is -2.17. The molecule has 146 valence electrons. The molecule has 2 heterocycles. The van der Waals surface area contributed by atoms with Crippen LogP contribution in [0.4, 0.5) is 0 Å². The van der Waals surface area contributed by atoms with Crippen molar-refractivity contribution >= 4 is 17.1 Å². The first-order valence-corrected chi connectivity index (χ1v) is 10.1. The highest BCUT2D eigenvalue weighted by Gasteiger charge is 2.27. The molecule has 2 aromatic heterocycles. The molecule has 4 aromatic rings. The van der Waals surface area contributed by atoms with E-state index in [-0.39, 0.29) is 11.5 Å². The summed E-state index contributed by atoms with van der Waals surface area (Å²) < 4.78 is 7.06. The standard InChI is InChI=1S/C23H20N2O3S/c1-28-20-15-16(9-10-19(20)26)14-18(17-6-3-2-4-7-17)22(27)23-24-11-12-25(23)21-8-5-13-29-21/h2-13,15,18,26H,14H2,1H3/t18-/m0/s1. The molecule has 0 saturated carbocycles. The Morgan fingerprint density at radius 2 is 2.00 bits per heavy atom. The molecule has 0 amide bonds. The van der Waals surface area contributed by atoms with Gasteiger partial charge in [0.25, 0.3) is 0 Å². The summed E-state index contributed by atoms with van der Waals surface area (Å²) in [6.07, 6.45) is 3.93. The molecular formula is C23H20N2O3S. The van der Waals surface area contributed by atoms with Crippen LogP contribution in [-0.4, -0.2) is 27.6 Å². The van der Waals surface area contributed by atoms with Gasteiger partial charge in [-0.1, -0.05) is 36.4 Å². The molecule has 0 aliphatic heterocycles. The zero-order valence-corrected chi connectivity index (χ0v) is 16.7. The molecule has 29 heavy (non-hydrogen) atoms. The molecule has 0 fully saturated rings. The summed E-state index contributed by atoms with van der Waals surface area (Å²) in [6, 6.07) is 18.8. The lowest BCUT2D eigenvalue weighted by molar-refractivity contribution is 0.0947. The number of hydrogen-bond acceptors (Lipinski definition) is 5. The second-order valence-electron chi connectivity index (χ2n) is 6.61. The summed E-state index contributed by atoms with van der Waals surface area (Å²) in [4.78, 5) is 18.0. The highest BCUT2D eigenvalue weighted by molar-refractivity contribution is 7.12. The summed E-state index contributed by atoms with van der Waals surface area (Å²) in [5, 5.41) is 12.8. The summed E-state index contributed by atoms with van der Waals surface area (Å²) in [5.41, 5.74) is 1.82. The van der Waals surface area contributed by atoms with Gasteiger partial charge in [-0.25, -0.2) is 4.98 Å². The Morgan fingerprint density at radius 3 is 2.72 bits per heavy atom. The highest BCUT2D eigenvalue weighted by atomic mass is 32.1. The number of rotatable bonds is 7. The van der Waals surface area contributed by atoms with Gasteiger partial charge in [0.05, 0.1) is 13.0 Å². The SMILES string of the molecule is COc1cc(C[C@H](C(=O)c2nccn2-c2cccs2)c2ccccc2)ccc1O. The smallest absolute Gasteiger partial charge is 0.206 e. The molecule has 1 N–H and O–H groups in total. The summed E-state index contributed by atoms with van der Waals surface area (Å²) in [6.45, 7) is 0. The lowest BCUT2D eigenvalue weighted by Crippen LogP contribution is -2.19. The molecule has 2 aromatic carbocycles. The highest BCUT2D eigenvalue weighted by Crippen LogP contribution is 2.31. The Bertz CT molecular complexity index is 1100. The summed E-state index contributed by atoms with van der Waals surface area (Å²) in [7, 11) is 1.51. The second-order valence-corrected chi connectivity index (χ2v) is 7.54. The number of aromatic nitrogens is 2. The average molecular weight is 404 g/mol. The van der Waals surface area contributed by atoms with Crippen LogP contribution in [-0.2, 0) is 6.42 Å². The van der Waals surface area contributed by atoms with Crippen molar-refractivity contribution in [3.63, 3.8) is 0 Å². The van der Waals surface area contributed by atoms with E-state index in [0.717, 1.165) is 16.1 Å². The van der Waals surface area contributed by atoms with Gasteiger partial charge in [0, 0.05) is 12.4 Å². The molecule has 0 radical (unpaired) electrons. The maximum atomic E-state index is 13.6. The minimum atomic E-state index is -0.411. The van der Waals surface area contributed by atoms with E-state index in [4.69, 9.17) is 4.74 Å². The van der Waals surface area contributed by atoms with Crippen LogP contribution >= 0.6 is 11.3 Å². The van der Waals surface area contributed by atoms with Crippen molar-refractivity contribution in [3.05, 3.63) is 95.4 Å². The third-order valence-corrected chi connectivity index (χ3v) is 5.67. The van der Waals surface area contributed by atoms with E-state index in [9.17, 15) is 9.90 Å². The maximum absolute atomic E-state index is 13.6. The number of aromatic hydroxyl groups is 1. The third-order valence-electron chi connectivity index (χ3n) is 4.81. The fourth-order valence-electron chi connectivity index (χ4n) is 3.36. The Morgan fingerprint density at radius 1 is 1.17 bits per heavy atom. The number of benzene rings is 2. The summed E-state index contributed by atoms with van der Waals surface area (Å²) >= 11 is 1.56. The third kappa shape index (κ3) is 3.93. The van der Waals surface area contributed by atoms with E-state index < -0.39 is 5.92 Å². The van der Waals surface area contributed by atoms with Crippen LogP contribution in [0.15, 0.2) is 78.4 Å². The van der Waals surface area contributed by atoms with Gasteiger partial charge in [0.2, 0.25) is 5.78 Å². The van der Waals surface area contributed by atoms with Crippen molar-refractivity contribution in [2.75, 3.05) is 7.11 Å². The van der Waals surface area contributed by atoms with Crippen molar-refractivity contribution in [2.45, 2.75) is 12.3 Å². The largest absolute Gasteiger partial charge is 0.504 e. The van der Waals surface area contributed by atoms with E-state index in [1.165, 1.54) is 7.11 Å². The molecule has 1 atom stereocenters. The molecule has 5 nitrogen and oxygen atoms in total. The molecule has 0 aliphatic rings. The first-order valence-electron chi connectivity index (χ1n) is 9.19. The number of imidazole rings is 1. The predicted octanol–water partition coefficient (Wildman–Crippen LogP) is 4.86. The molecule has 6 heteroatoms. The molecule has 0 bridgehead atoms. The second kappa shape index (κ2) is 8.32. The maximum Gasteiger partial charge on any atom is 0.206 e. The number of carbonyl (C=O) groups excluding carboxylic acids is 1. The normalized spacial score (nSPS) is 11.9. The van der Waals surface area contributed by atoms with Crippen molar-refractivity contribution in [2.24, 2.45) is 0 Å². The van der Waals surface area contributed by atoms with E-state index in [0.29, 0.717) is 18.0 Å². The van der Waals surface area contributed by atoms with Gasteiger partial charge < -0.3 is 9.84 Å². The van der Waals surface area contributed by atoms with Gasteiger partial charge in [0.15, 0.2) is 17.3 Å². The Labute approximate surface area is 172 Å². The average Bonchev–Trinajstić information content (AvgIpc) is 3.45. The number of phenols is 1. The number of methoxy groups -OCH3 is 1. The van der Waals surface area contributed by atoms with Crippen molar-refractivity contribution in [1.29, 1.82) is 0 Å². The van der Waals surface area contributed by atoms with Crippen LogP contribution < -0.4 is 4.74 Å². The Balaban J connectivity index is 1.72. The minimum Gasteiger partial charge on any atom is -0.504 e. The van der Waals surface area contributed by atoms with Gasteiger partial charge in [-0.05, 0) is 47.2 Å². The first-order chi connectivity index (χ1) is 14.2. The van der Waals surface area contributed by atoms with E-state index >= 15 is 0 Å². The number of Topliss-reactive ketones (excluding diaryl/α,β-unsaturated/α-hetero) is 1. The Kier molecular flexibility index (Phi) is 5.44. The van der Waals surface area contributed by atoms with Crippen LogP contribution in [0.3, 0.4) is 0 Å². The number of hydrogen-bond donors (Lipinski definition) is 1. The molecule has 0 unspecified atom stereocenters. The number of phenolic OH excluding ortho intramolecular Hbond substituents is 1. The van der Waals surface area contributed by atoms with Crippen molar-refractivity contribution in [3.8, 4) is 16.5 Å². The van der Waals surface area contributed by atoms with Gasteiger partial charge in [-0.3, -0.25) is 9.36 Å². The minimum absolute atomic E-state index is 0.0540. The quantitative estimate of drug-likeness (QED) is 0.447. The van der Waals surface area contributed by atoms with Gasteiger partial charge in [-0.2, -0.15) is 0 Å². The van der Waals surface area contributed by atoms with Gasteiger partial charge in [-0.15, -0.1) is 11.3 Å². The Hall–Kier alpha value is -3.38. The monoisotopic (exact) mass is 404 g/mol. The first kappa shape index (κ1) is 19.0. The molecule has 0 aliphatic carbocycles.